The number of anilines is 3. The molecule has 6 rings (SSSR count). The molecule has 2 aliphatic heterocycles. The van der Waals surface area contributed by atoms with Gasteiger partial charge in [-0.15, -0.1) is 11.7 Å². The summed E-state index contributed by atoms with van der Waals surface area (Å²) in [5.74, 6) is 0.770. The predicted molar refractivity (Wildman–Crippen MR) is 157 cm³/mol. The van der Waals surface area contributed by atoms with Crippen LogP contribution in [0.2, 0.25) is 0 Å². The maximum absolute atomic E-state index is 13.3. The van der Waals surface area contributed by atoms with E-state index >= 15 is 0 Å². The van der Waals surface area contributed by atoms with Gasteiger partial charge in [-0.3, -0.25) is 9.59 Å². The third-order valence-electron chi connectivity index (χ3n) is 8.11. The summed E-state index contributed by atoms with van der Waals surface area (Å²) >= 11 is 0. The van der Waals surface area contributed by atoms with Crippen molar-refractivity contribution in [2.45, 2.75) is 46.2 Å². The van der Waals surface area contributed by atoms with Gasteiger partial charge in [-0.25, -0.2) is 19.0 Å². The number of nitrogens with one attached hydrogen (secondary N) is 2. The number of nitrogens with zero attached hydrogens (tertiary/aromatic N) is 7. The van der Waals surface area contributed by atoms with Crippen LogP contribution in [0.1, 0.15) is 38.3 Å². The van der Waals surface area contributed by atoms with Crippen LogP contribution in [0.3, 0.4) is 0 Å². The van der Waals surface area contributed by atoms with Crippen LogP contribution in [0.4, 0.5) is 17.3 Å². The molecule has 2 fully saturated rings. The lowest BCUT2D eigenvalue weighted by atomic mass is 9.73. The largest absolute Gasteiger partial charge is 0.371 e. The molecule has 0 bridgehead atoms. The summed E-state index contributed by atoms with van der Waals surface area (Å²) in [7, 11) is 0. The normalized spacial score (nSPS) is 16.4. The smallest absolute Gasteiger partial charge is 0.278 e. The molecular formula is C29H35N9O2. The van der Waals surface area contributed by atoms with Crippen molar-refractivity contribution >= 4 is 28.4 Å². The van der Waals surface area contributed by atoms with Crippen molar-refractivity contribution in [2.75, 3.05) is 36.4 Å². The summed E-state index contributed by atoms with van der Waals surface area (Å²) < 4.78 is 4.51. The van der Waals surface area contributed by atoms with E-state index in [1.54, 1.807) is 16.8 Å². The Kier molecular flexibility index (Phi) is 6.53. The molecule has 1 aromatic carbocycles. The zero-order chi connectivity index (χ0) is 28.0. The number of piperidine rings is 1. The Hall–Kier alpha value is -4.25. The van der Waals surface area contributed by atoms with Gasteiger partial charge >= 0.3 is 0 Å². The van der Waals surface area contributed by atoms with Crippen LogP contribution >= 0.6 is 0 Å². The van der Waals surface area contributed by atoms with E-state index in [0.717, 1.165) is 31.9 Å². The molecular weight excluding hydrogens is 506 g/mol. The summed E-state index contributed by atoms with van der Waals surface area (Å²) in [6.07, 6.45) is 5.62. The highest BCUT2D eigenvalue weighted by Crippen LogP contribution is 2.37. The van der Waals surface area contributed by atoms with Crippen LogP contribution in [0, 0.1) is 12.3 Å². The molecule has 0 unspecified atom stereocenters. The summed E-state index contributed by atoms with van der Waals surface area (Å²) in [4.78, 5) is 37.2. The van der Waals surface area contributed by atoms with Crippen molar-refractivity contribution < 1.29 is 0 Å². The quantitative estimate of drug-likeness (QED) is 0.343. The van der Waals surface area contributed by atoms with Crippen molar-refractivity contribution in [3.05, 3.63) is 75.5 Å². The van der Waals surface area contributed by atoms with E-state index in [2.05, 4.69) is 51.3 Å². The molecule has 208 valence electrons. The topological polar surface area (TPSA) is 115 Å². The fourth-order valence-corrected chi connectivity index (χ4v) is 5.78. The molecule has 4 aromatic rings. The lowest BCUT2D eigenvalue weighted by Crippen LogP contribution is -2.58. The van der Waals surface area contributed by atoms with Gasteiger partial charge in [-0.05, 0) is 68.9 Å². The van der Waals surface area contributed by atoms with Gasteiger partial charge < -0.3 is 15.5 Å². The minimum atomic E-state index is -0.258. The molecule has 2 aliphatic rings. The Morgan fingerprint density at radius 3 is 2.58 bits per heavy atom. The van der Waals surface area contributed by atoms with Gasteiger partial charge in [-0.1, -0.05) is 6.08 Å². The van der Waals surface area contributed by atoms with Gasteiger partial charge in [-0.2, -0.15) is 4.98 Å². The molecule has 0 atom stereocenters. The maximum Gasteiger partial charge on any atom is 0.278 e. The van der Waals surface area contributed by atoms with Gasteiger partial charge in [0, 0.05) is 49.8 Å². The molecule has 2 N–H and O–H groups in total. The summed E-state index contributed by atoms with van der Waals surface area (Å²) in [6.45, 7) is 14.4. The van der Waals surface area contributed by atoms with Crippen molar-refractivity contribution in [3.8, 4) is 5.82 Å². The molecule has 11 heteroatoms. The van der Waals surface area contributed by atoms with E-state index in [9.17, 15) is 9.59 Å². The number of hydrogen-bond acceptors (Lipinski definition) is 8. The van der Waals surface area contributed by atoms with E-state index < -0.39 is 0 Å². The number of fused-ring (bicyclic) bond motifs is 1. The van der Waals surface area contributed by atoms with Gasteiger partial charge in [0.15, 0.2) is 11.5 Å². The van der Waals surface area contributed by atoms with Crippen LogP contribution in [-0.2, 0) is 6.54 Å². The van der Waals surface area contributed by atoms with E-state index in [1.165, 1.54) is 45.7 Å². The first kappa shape index (κ1) is 26.0. The molecule has 11 nitrogen and oxygen atoms in total. The predicted octanol–water partition coefficient (Wildman–Crippen LogP) is 3.15. The van der Waals surface area contributed by atoms with Crippen molar-refractivity contribution in [1.29, 1.82) is 0 Å². The highest BCUT2D eigenvalue weighted by molar-refractivity contribution is 5.77. The first-order chi connectivity index (χ1) is 19.3. The number of rotatable bonds is 7. The average Bonchev–Trinajstić information content (AvgIpc) is 3.19. The first-order valence-electron chi connectivity index (χ1n) is 13.8. The highest BCUT2D eigenvalue weighted by atomic mass is 16.1. The summed E-state index contributed by atoms with van der Waals surface area (Å²) in [5.41, 5.74) is 3.73. The van der Waals surface area contributed by atoms with Crippen molar-refractivity contribution in [2.24, 2.45) is 5.41 Å². The molecule has 5 heterocycles. The van der Waals surface area contributed by atoms with Crippen molar-refractivity contribution in [1.82, 2.24) is 34.4 Å². The van der Waals surface area contributed by atoms with Gasteiger partial charge in [0.05, 0.1) is 12.6 Å². The second-order valence-electron chi connectivity index (χ2n) is 11.2. The second-order valence-corrected chi connectivity index (χ2v) is 11.2. The van der Waals surface area contributed by atoms with Crippen LogP contribution in [0.15, 0.2) is 58.8 Å². The molecule has 40 heavy (non-hydrogen) atoms. The van der Waals surface area contributed by atoms with Gasteiger partial charge in [0.25, 0.3) is 11.1 Å². The number of hydrogen-bond donors (Lipinski definition) is 2. The van der Waals surface area contributed by atoms with E-state index in [0.29, 0.717) is 28.2 Å². The molecule has 0 radical (unpaired) electrons. The third kappa shape index (κ3) is 4.49. The Morgan fingerprint density at radius 2 is 1.93 bits per heavy atom. The van der Waals surface area contributed by atoms with Crippen LogP contribution in [0.5, 0.6) is 0 Å². The Bertz CT molecular complexity index is 1700. The van der Waals surface area contributed by atoms with Gasteiger partial charge in [0.2, 0.25) is 5.95 Å². The Labute approximate surface area is 232 Å². The molecule has 1 spiro atoms. The number of aryl methyl sites for hydroxylation is 1. The molecule has 0 saturated carbocycles. The second kappa shape index (κ2) is 10.1. The zero-order valence-electron chi connectivity index (χ0n) is 23.2. The lowest BCUT2D eigenvalue weighted by Gasteiger charge is -2.49. The molecule has 0 aliphatic carbocycles. The SMILES string of the molecule is C=CCn1c(=O)c2cnc(Nc3ccc(N4CCC5(CC4)CNC5)c(C)c3)nc2n1-c1ccc(=O)n(C(C)C)n1. The average molecular weight is 542 g/mol. The fraction of sp³-hybridized carbons (Fsp3) is 0.414. The summed E-state index contributed by atoms with van der Waals surface area (Å²) in [5, 5.41) is 11.6. The monoisotopic (exact) mass is 541 g/mol. The van der Waals surface area contributed by atoms with Crippen LogP contribution < -0.4 is 26.7 Å². The van der Waals surface area contributed by atoms with Crippen LogP contribution in [0.25, 0.3) is 16.9 Å². The molecule has 2 saturated heterocycles. The molecule has 0 amide bonds. The zero-order valence-corrected chi connectivity index (χ0v) is 23.2. The lowest BCUT2D eigenvalue weighted by molar-refractivity contribution is 0.126. The number of benzene rings is 1. The van der Waals surface area contributed by atoms with E-state index in [1.807, 2.05) is 19.9 Å². The maximum atomic E-state index is 13.3. The highest BCUT2D eigenvalue weighted by Gasteiger charge is 2.39. The van der Waals surface area contributed by atoms with Gasteiger partial charge in [0.1, 0.15) is 5.39 Å². The van der Waals surface area contributed by atoms with E-state index in [-0.39, 0.29) is 23.7 Å². The Morgan fingerprint density at radius 1 is 1.15 bits per heavy atom. The Balaban J connectivity index is 1.32. The number of allylic oxidation sites excluding steroid dienone is 1. The van der Waals surface area contributed by atoms with Crippen LogP contribution in [-0.4, -0.2) is 55.3 Å². The van der Waals surface area contributed by atoms with Crippen molar-refractivity contribution in [3.63, 3.8) is 0 Å². The minimum Gasteiger partial charge on any atom is -0.371 e. The molecule has 3 aromatic heterocycles. The van der Waals surface area contributed by atoms with E-state index in [4.69, 9.17) is 4.98 Å². The fourth-order valence-electron chi connectivity index (χ4n) is 5.78. The number of aromatic nitrogens is 6. The minimum absolute atomic E-state index is 0.145. The third-order valence-corrected chi connectivity index (χ3v) is 8.11. The first-order valence-corrected chi connectivity index (χ1v) is 13.8. The summed E-state index contributed by atoms with van der Waals surface area (Å²) in [6, 6.07) is 9.21. The standard InChI is InChI=1S/C29H35N9O2/c1-5-12-36-27(40)22-16-31-28(33-26(22)38(36)24-8-9-25(39)37(34-24)19(2)3)32-21-6-7-23(20(4)15-21)35-13-10-29(11-14-35)17-30-18-29/h5-9,15-16,19,30H,1,10-14,17-18H2,2-4H3,(H,31,32,33).